The van der Waals surface area contributed by atoms with Gasteiger partial charge in [0, 0.05) is 51.5 Å². The number of carbonyl (C=O) groups is 1. The second kappa shape index (κ2) is 15.3. The first-order valence-electron chi connectivity index (χ1n) is 16.0. The molecule has 3 unspecified atom stereocenters. The number of ether oxygens (including phenoxy) is 4. The molecule has 46 heavy (non-hydrogen) atoms. The highest BCUT2D eigenvalue weighted by Gasteiger charge is 2.33. The third kappa shape index (κ3) is 8.69. The molecule has 2 aromatic heterocycles. The molecule has 5 rings (SSSR count). The fourth-order valence-corrected chi connectivity index (χ4v) is 6.65. The summed E-state index contributed by atoms with van der Waals surface area (Å²) >= 11 is 6.78. The van der Waals surface area contributed by atoms with Crippen molar-refractivity contribution < 1.29 is 34.0 Å². The lowest BCUT2D eigenvalue weighted by Gasteiger charge is -2.33. The highest BCUT2D eigenvalue weighted by molar-refractivity contribution is 6.76. The summed E-state index contributed by atoms with van der Waals surface area (Å²) in [5.74, 6) is 0. The molecule has 0 bridgehead atoms. The Bertz CT molecular complexity index is 1460. The first kappa shape index (κ1) is 34.4. The monoisotopic (exact) mass is 675 g/mol. The number of hydrogen-bond donors (Lipinski definition) is 3. The van der Waals surface area contributed by atoms with E-state index in [-0.39, 0.29) is 38.2 Å². The van der Waals surface area contributed by atoms with Crippen molar-refractivity contribution in [3.8, 4) is 17.3 Å². The van der Waals surface area contributed by atoms with Gasteiger partial charge in [0.1, 0.15) is 24.5 Å². The third-order valence-corrected chi connectivity index (χ3v) is 10.3. The van der Waals surface area contributed by atoms with Gasteiger partial charge in [0.2, 0.25) is 0 Å². The van der Waals surface area contributed by atoms with Crippen LogP contribution < -0.4 is 15.0 Å². The van der Waals surface area contributed by atoms with Crippen molar-refractivity contribution in [2.45, 2.75) is 83.0 Å². The third-order valence-electron chi connectivity index (χ3n) is 8.33. The number of nitrogens with zero attached hydrogens (tertiary/aromatic N) is 4. The minimum atomic E-state index is -1.29. The summed E-state index contributed by atoms with van der Waals surface area (Å²) in [5.41, 5.74) is 3.76. The van der Waals surface area contributed by atoms with E-state index in [0.717, 1.165) is 43.2 Å². The van der Waals surface area contributed by atoms with Crippen LogP contribution in [0.4, 0.5) is 10.5 Å². The number of aliphatic hydroxyl groups excluding tert-OH is 2. The molecule has 0 radical (unpaired) electrons. The first-order chi connectivity index (χ1) is 22.0. The van der Waals surface area contributed by atoms with E-state index in [1.165, 1.54) is 0 Å². The zero-order valence-corrected chi connectivity index (χ0v) is 28.8. The van der Waals surface area contributed by atoms with Gasteiger partial charge >= 0.3 is 12.1 Å². The Balaban J connectivity index is 1.33. The normalized spacial score (nSPS) is 19.8. The van der Waals surface area contributed by atoms with E-state index in [1.54, 1.807) is 13.0 Å². The van der Waals surface area contributed by atoms with Crippen LogP contribution >= 0.6 is 11.6 Å². The predicted octanol–water partition coefficient (Wildman–Crippen LogP) is 4.67. The Morgan fingerprint density at radius 1 is 1.20 bits per heavy atom. The SMILES string of the molecule is CCOC(=O)NC1CCN(c2ccc(-c3nc4c(cc3Cl)nc(OC3COC(C(O)CO)C3)n4COCC[Si](C)(C)C)cc2)CC1. The van der Waals surface area contributed by atoms with Gasteiger partial charge in [-0.15, -0.1) is 0 Å². The van der Waals surface area contributed by atoms with Crippen molar-refractivity contribution in [3.05, 3.63) is 35.4 Å². The summed E-state index contributed by atoms with van der Waals surface area (Å²) in [6.07, 6.45) is -0.0699. The van der Waals surface area contributed by atoms with Gasteiger partial charge in [0.15, 0.2) is 5.65 Å². The number of rotatable bonds is 13. The van der Waals surface area contributed by atoms with Crippen LogP contribution in [0, 0.1) is 0 Å². The van der Waals surface area contributed by atoms with Crippen LogP contribution in [0.1, 0.15) is 26.2 Å². The molecule has 1 aromatic carbocycles. The highest BCUT2D eigenvalue weighted by Crippen LogP contribution is 2.33. The number of fused-ring (bicyclic) bond motifs is 1. The number of imidazole rings is 1. The van der Waals surface area contributed by atoms with Crippen molar-refractivity contribution >= 4 is 42.6 Å². The van der Waals surface area contributed by atoms with Crippen molar-refractivity contribution in [1.82, 2.24) is 19.9 Å². The van der Waals surface area contributed by atoms with Gasteiger partial charge in [0.25, 0.3) is 0 Å². The van der Waals surface area contributed by atoms with Gasteiger partial charge in [-0.1, -0.05) is 43.4 Å². The van der Waals surface area contributed by atoms with Gasteiger partial charge in [-0.3, -0.25) is 4.57 Å². The zero-order valence-electron chi connectivity index (χ0n) is 27.1. The standard InChI is InChI=1S/C32H46ClN5O7Si/c1-5-43-32(41)34-22-10-12-37(13-11-22)23-8-6-21(7-9-23)29-25(33)17-26-30(36-29)38(20-42-14-15-46(2,3)4)31(35-26)45-24-16-28(44-19-24)27(40)18-39/h6-9,17,22,24,27-28,39-40H,5,10-16,18-20H2,1-4H3,(H,34,41). The van der Waals surface area contributed by atoms with Crippen molar-refractivity contribution in [2.24, 2.45) is 0 Å². The number of hydrogen-bond acceptors (Lipinski definition) is 10. The van der Waals surface area contributed by atoms with Crippen LogP contribution in [-0.2, 0) is 20.9 Å². The Labute approximate surface area is 276 Å². The molecule has 3 aromatic rings. The molecule has 0 spiro atoms. The van der Waals surface area contributed by atoms with Crippen molar-refractivity contribution in [2.75, 3.05) is 44.4 Å². The van der Waals surface area contributed by atoms with Gasteiger partial charge < -0.3 is 39.4 Å². The molecule has 4 heterocycles. The zero-order chi connectivity index (χ0) is 32.8. The van der Waals surface area contributed by atoms with E-state index in [1.807, 2.05) is 16.7 Å². The summed E-state index contributed by atoms with van der Waals surface area (Å²) in [5, 5.41) is 22.8. The molecule has 2 fully saturated rings. The number of aromatic nitrogens is 3. The van der Waals surface area contributed by atoms with Crippen molar-refractivity contribution in [3.63, 3.8) is 0 Å². The molecule has 2 saturated heterocycles. The highest BCUT2D eigenvalue weighted by atomic mass is 35.5. The minimum Gasteiger partial charge on any atom is -0.459 e. The number of aliphatic hydroxyl groups is 2. The topological polar surface area (TPSA) is 140 Å². The summed E-state index contributed by atoms with van der Waals surface area (Å²) in [4.78, 5) is 23.8. The largest absolute Gasteiger partial charge is 0.459 e. The molecule has 2 aliphatic heterocycles. The summed E-state index contributed by atoms with van der Waals surface area (Å²) in [7, 11) is -1.29. The van der Waals surface area contributed by atoms with E-state index in [4.69, 9.17) is 40.5 Å². The lowest BCUT2D eigenvalue weighted by atomic mass is 10.0. The minimum absolute atomic E-state index is 0.109. The number of alkyl carbamates (subject to hydrolysis) is 1. The van der Waals surface area contributed by atoms with E-state index in [9.17, 15) is 15.0 Å². The van der Waals surface area contributed by atoms with E-state index < -0.39 is 20.3 Å². The van der Waals surface area contributed by atoms with Crippen LogP contribution in [0.15, 0.2) is 30.3 Å². The fraction of sp³-hybridized carbons (Fsp3) is 0.594. The van der Waals surface area contributed by atoms with Crippen LogP contribution in [0.2, 0.25) is 30.7 Å². The number of benzene rings is 1. The molecule has 2 aliphatic rings. The molecule has 3 N–H and O–H groups in total. The average molecular weight is 676 g/mol. The Kier molecular flexibility index (Phi) is 11.4. The quantitative estimate of drug-likeness (QED) is 0.173. The molecule has 0 aliphatic carbocycles. The number of halogens is 1. The van der Waals surface area contributed by atoms with Gasteiger partial charge in [-0.25, -0.2) is 9.78 Å². The van der Waals surface area contributed by atoms with E-state index >= 15 is 0 Å². The molecule has 0 saturated carbocycles. The van der Waals surface area contributed by atoms with Gasteiger partial charge in [-0.2, -0.15) is 4.98 Å². The van der Waals surface area contributed by atoms with Crippen LogP contribution in [-0.4, -0.2) is 103 Å². The molecular weight excluding hydrogens is 630 g/mol. The van der Waals surface area contributed by atoms with Crippen LogP contribution in [0.3, 0.4) is 0 Å². The van der Waals surface area contributed by atoms with Crippen LogP contribution in [0.25, 0.3) is 22.4 Å². The maximum absolute atomic E-state index is 11.8. The lowest BCUT2D eigenvalue weighted by Crippen LogP contribution is -2.44. The maximum Gasteiger partial charge on any atom is 0.407 e. The average Bonchev–Trinajstić information content (AvgIpc) is 3.62. The van der Waals surface area contributed by atoms with E-state index in [0.29, 0.717) is 47.5 Å². The Morgan fingerprint density at radius 3 is 2.61 bits per heavy atom. The number of carbonyl (C=O) groups excluding carboxylic acids is 1. The number of nitrogens with one attached hydrogen (secondary N) is 1. The van der Waals surface area contributed by atoms with Gasteiger partial charge in [-0.05, 0) is 44.0 Å². The van der Waals surface area contributed by atoms with Gasteiger partial charge in [0.05, 0.1) is 36.6 Å². The molecular formula is C32H46ClN5O7Si. The molecule has 1 amide bonds. The van der Waals surface area contributed by atoms with E-state index in [2.05, 4.69) is 42.0 Å². The number of amides is 1. The summed E-state index contributed by atoms with van der Waals surface area (Å²) in [6.45, 7) is 11.5. The summed E-state index contributed by atoms with van der Waals surface area (Å²) < 4.78 is 24.9. The molecule has 14 heteroatoms. The summed E-state index contributed by atoms with van der Waals surface area (Å²) in [6, 6.07) is 11.4. The fourth-order valence-electron chi connectivity index (χ4n) is 5.64. The molecule has 3 atom stereocenters. The number of pyridine rings is 1. The second-order valence-electron chi connectivity index (χ2n) is 13.1. The smallest absolute Gasteiger partial charge is 0.407 e. The Morgan fingerprint density at radius 2 is 1.93 bits per heavy atom. The van der Waals surface area contributed by atoms with Crippen molar-refractivity contribution in [1.29, 1.82) is 0 Å². The maximum atomic E-state index is 11.8. The Hall–Kier alpha value is -2.94. The number of anilines is 1. The molecule has 252 valence electrons. The van der Waals surface area contributed by atoms with Crippen LogP contribution in [0.5, 0.6) is 6.01 Å². The lowest BCUT2D eigenvalue weighted by molar-refractivity contribution is -0.0290. The predicted molar refractivity (Wildman–Crippen MR) is 179 cm³/mol. The molecule has 12 nitrogen and oxygen atoms in total. The second-order valence-corrected chi connectivity index (χ2v) is 19.1. The first-order valence-corrected chi connectivity index (χ1v) is 20.1. The number of piperidine rings is 1.